The number of rotatable bonds is 9. The molecule has 1 aliphatic carbocycles. The van der Waals surface area contributed by atoms with E-state index in [1.165, 1.54) is 12.8 Å². The van der Waals surface area contributed by atoms with Gasteiger partial charge in [0.05, 0.1) is 18.5 Å². The van der Waals surface area contributed by atoms with Crippen LogP contribution in [0.3, 0.4) is 0 Å². The number of carbonyl (C=O) groups excluding carboxylic acids is 1. The number of aromatic nitrogens is 1. The maximum Gasteiger partial charge on any atom is 0.260 e. The standard InChI is InChI=1S/C15H23N3O3/c1-11(15(19)16-7-8-20-2)21-14-6-5-13(18-10-14)9-17-12-3-4-12/h5-6,10-12,17H,3-4,7-9H2,1-2H3,(H,16,19). The summed E-state index contributed by atoms with van der Waals surface area (Å²) in [7, 11) is 1.59. The van der Waals surface area contributed by atoms with E-state index < -0.39 is 6.10 Å². The summed E-state index contributed by atoms with van der Waals surface area (Å²) in [5, 5.41) is 6.14. The van der Waals surface area contributed by atoms with Crippen LogP contribution in [0.5, 0.6) is 5.75 Å². The average Bonchev–Trinajstić information content (AvgIpc) is 3.31. The zero-order valence-electron chi connectivity index (χ0n) is 12.6. The summed E-state index contributed by atoms with van der Waals surface area (Å²) < 4.78 is 10.4. The van der Waals surface area contributed by atoms with E-state index in [0.717, 1.165) is 12.2 Å². The van der Waals surface area contributed by atoms with Crippen molar-refractivity contribution in [2.24, 2.45) is 0 Å². The molecule has 1 unspecified atom stereocenters. The highest BCUT2D eigenvalue weighted by atomic mass is 16.5. The highest BCUT2D eigenvalue weighted by Gasteiger charge is 2.20. The SMILES string of the molecule is COCCNC(=O)C(C)Oc1ccc(CNC2CC2)nc1. The Labute approximate surface area is 125 Å². The molecule has 1 atom stereocenters. The molecular formula is C15H23N3O3. The molecule has 0 radical (unpaired) electrons. The van der Waals surface area contributed by atoms with Crippen molar-refractivity contribution in [3.63, 3.8) is 0 Å². The summed E-state index contributed by atoms with van der Waals surface area (Å²) in [6.45, 7) is 3.46. The Bertz CT molecular complexity index is 446. The molecule has 1 heterocycles. The van der Waals surface area contributed by atoms with Gasteiger partial charge >= 0.3 is 0 Å². The number of nitrogens with zero attached hydrogens (tertiary/aromatic N) is 1. The molecule has 6 heteroatoms. The predicted molar refractivity (Wildman–Crippen MR) is 79.1 cm³/mol. The summed E-state index contributed by atoms with van der Waals surface area (Å²) in [6.07, 6.45) is 3.62. The van der Waals surface area contributed by atoms with Crippen LogP contribution in [-0.4, -0.2) is 43.3 Å². The predicted octanol–water partition coefficient (Wildman–Crippen LogP) is 0.863. The molecule has 1 aromatic heterocycles. The van der Waals surface area contributed by atoms with Crippen molar-refractivity contribution in [1.82, 2.24) is 15.6 Å². The van der Waals surface area contributed by atoms with E-state index in [1.807, 2.05) is 12.1 Å². The first-order valence-corrected chi connectivity index (χ1v) is 7.30. The lowest BCUT2D eigenvalue weighted by molar-refractivity contribution is -0.127. The van der Waals surface area contributed by atoms with Crippen molar-refractivity contribution in [2.45, 2.75) is 38.5 Å². The number of methoxy groups -OCH3 is 1. The zero-order chi connectivity index (χ0) is 15.1. The van der Waals surface area contributed by atoms with Crippen LogP contribution in [0.2, 0.25) is 0 Å². The van der Waals surface area contributed by atoms with Gasteiger partial charge in [0, 0.05) is 26.2 Å². The van der Waals surface area contributed by atoms with Crippen LogP contribution in [-0.2, 0) is 16.1 Å². The first-order chi connectivity index (χ1) is 10.2. The molecule has 1 amide bonds. The molecule has 6 nitrogen and oxygen atoms in total. The van der Waals surface area contributed by atoms with Crippen LogP contribution in [0.25, 0.3) is 0 Å². The number of pyridine rings is 1. The minimum absolute atomic E-state index is 0.161. The smallest absolute Gasteiger partial charge is 0.260 e. The third kappa shape index (κ3) is 5.69. The van der Waals surface area contributed by atoms with Gasteiger partial charge in [-0.15, -0.1) is 0 Å². The van der Waals surface area contributed by atoms with Crippen LogP contribution >= 0.6 is 0 Å². The molecule has 116 valence electrons. The van der Waals surface area contributed by atoms with Crippen molar-refractivity contribution >= 4 is 5.91 Å². The molecule has 0 aromatic carbocycles. The number of hydrogen-bond donors (Lipinski definition) is 2. The van der Waals surface area contributed by atoms with Crippen LogP contribution in [0, 0.1) is 0 Å². The van der Waals surface area contributed by atoms with Crippen molar-refractivity contribution < 1.29 is 14.3 Å². The van der Waals surface area contributed by atoms with Gasteiger partial charge in [0.1, 0.15) is 5.75 Å². The highest BCUT2D eigenvalue weighted by molar-refractivity contribution is 5.80. The van der Waals surface area contributed by atoms with Crippen molar-refractivity contribution in [1.29, 1.82) is 0 Å². The van der Waals surface area contributed by atoms with Gasteiger partial charge in [-0.05, 0) is 31.9 Å². The van der Waals surface area contributed by atoms with E-state index >= 15 is 0 Å². The fourth-order valence-corrected chi connectivity index (χ4v) is 1.80. The van der Waals surface area contributed by atoms with Gasteiger partial charge in [-0.1, -0.05) is 0 Å². The number of amides is 1. The first kappa shape index (κ1) is 15.7. The Hall–Kier alpha value is -1.66. The van der Waals surface area contributed by atoms with Crippen molar-refractivity contribution in [2.75, 3.05) is 20.3 Å². The molecule has 0 spiro atoms. The third-order valence-corrected chi connectivity index (χ3v) is 3.23. The molecule has 0 aliphatic heterocycles. The average molecular weight is 293 g/mol. The summed E-state index contributed by atoms with van der Waals surface area (Å²) in [4.78, 5) is 16.1. The lowest BCUT2D eigenvalue weighted by atomic mass is 10.3. The molecule has 2 rings (SSSR count). The Morgan fingerprint density at radius 3 is 2.90 bits per heavy atom. The molecule has 0 saturated heterocycles. The highest BCUT2D eigenvalue weighted by Crippen LogP contribution is 2.19. The number of nitrogens with one attached hydrogen (secondary N) is 2. The minimum atomic E-state index is -0.556. The number of hydrogen-bond acceptors (Lipinski definition) is 5. The number of ether oxygens (including phenoxy) is 2. The van der Waals surface area contributed by atoms with Gasteiger partial charge < -0.3 is 20.1 Å². The van der Waals surface area contributed by atoms with E-state index in [2.05, 4.69) is 15.6 Å². The van der Waals surface area contributed by atoms with Crippen LogP contribution in [0.1, 0.15) is 25.5 Å². The van der Waals surface area contributed by atoms with Gasteiger partial charge in [0.25, 0.3) is 5.91 Å². The van der Waals surface area contributed by atoms with Gasteiger partial charge in [0.2, 0.25) is 0 Å². The Morgan fingerprint density at radius 1 is 1.48 bits per heavy atom. The Morgan fingerprint density at radius 2 is 2.29 bits per heavy atom. The summed E-state index contributed by atoms with van der Waals surface area (Å²) in [5.74, 6) is 0.436. The molecule has 21 heavy (non-hydrogen) atoms. The number of carbonyl (C=O) groups is 1. The zero-order valence-corrected chi connectivity index (χ0v) is 12.6. The first-order valence-electron chi connectivity index (χ1n) is 7.30. The van der Waals surface area contributed by atoms with E-state index in [-0.39, 0.29) is 5.91 Å². The topological polar surface area (TPSA) is 72.5 Å². The lowest BCUT2D eigenvalue weighted by Crippen LogP contribution is -2.37. The van der Waals surface area contributed by atoms with Crippen LogP contribution < -0.4 is 15.4 Å². The normalized spacial score (nSPS) is 15.5. The second kappa shape index (κ2) is 7.95. The maximum atomic E-state index is 11.8. The van der Waals surface area contributed by atoms with Crippen molar-refractivity contribution in [3.8, 4) is 5.75 Å². The maximum absolute atomic E-state index is 11.8. The largest absolute Gasteiger partial charge is 0.479 e. The second-order valence-corrected chi connectivity index (χ2v) is 5.18. The monoisotopic (exact) mass is 293 g/mol. The molecule has 1 aromatic rings. The molecule has 1 fully saturated rings. The fraction of sp³-hybridized carbons (Fsp3) is 0.600. The molecule has 1 saturated carbocycles. The van der Waals surface area contributed by atoms with Gasteiger partial charge in [0.15, 0.2) is 6.10 Å². The van der Waals surface area contributed by atoms with Gasteiger partial charge in [-0.3, -0.25) is 9.78 Å². The quantitative estimate of drug-likeness (QED) is 0.661. The summed E-state index contributed by atoms with van der Waals surface area (Å²) in [5.41, 5.74) is 0.978. The van der Waals surface area contributed by atoms with E-state index in [0.29, 0.717) is 24.9 Å². The second-order valence-electron chi connectivity index (χ2n) is 5.18. The van der Waals surface area contributed by atoms with Gasteiger partial charge in [-0.25, -0.2) is 0 Å². The fourth-order valence-electron chi connectivity index (χ4n) is 1.80. The Balaban J connectivity index is 1.74. The molecule has 0 bridgehead atoms. The minimum Gasteiger partial charge on any atom is -0.479 e. The molecule has 2 N–H and O–H groups in total. The van der Waals surface area contributed by atoms with E-state index in [1.54, 1.807) is 20.2 Å². The van der Waals surface area contributed by atoms with Crippen LogP contribution in [0.15, 0.2) is 18.3 Å². The summed E-state index contributed by atoms with van der Waals surface area (Å²) in [6, 6.07) is 4.43. The third-order valence-electron chi connectivity index (χ3n) is 3.23. The van der Waals surface area contributed by atoms with Crippen LogP contribution in [0.4, 0.5) is 0 Å². The van der Waals surface area contributed by atoms with Crippen molar-refractivity contribution in [3.05, 3.63) is 24.0 Å². The van der Waals surface area contributed by atoms with Gasteiger partial charge in [-0.2, -0.15) is 0 Å². The molecule has 1 aliphatic rings. The lowest BCUT2D eigenvalue weighted by Gasteiger charge is -2.14. The van der Waals surface area contributed by atoms with E-state index in [4.69, 9.17) is 9.47 Å². The van der Waals surface area contributed by atoms with E-state index in [9.17, 15) is 4.79 Å². The Kier molecular flexibility index (Phi) is 5.95. The summed E-state index contributed by atoms with van der Waals surface area (Å²) >= 11 is 0. The molecular weight excluding hydrogens is 270 g/mol.